The van der Waals surface area contributed by atoms with Gasteiger partial charge >= 0.3 is 0 Å². The molecule has 0 spiro atoms. The van der Waals surface area contributed by atoms with E-state index >= 15 is 0 Å². The van der Waals surface area contributed by atoms with Gasteiger partial charge in [0.25, 0.3) is 5.56 Å². The van der Waals surface area contributed by atoms with Crippen molar-refractivity contribution >= 4 is 11.6 Å². The Kier molecular flexibility index (Phi) is 4.03. The summed E-state index contributed by atoms with van der Waals surface area (Å²) in [4.78, 5) is 33.6. The van der Waals surface area contributed by atoms with Crippen LogP contribution in [0.4, 0.5) is 5.69 Å². The number of nitrogens with one attached hydrogen (secondary N) is 1. The molecule has 5 nitrogen and oxygen atoms in total. The van der Waals surface area contributed by atoms with Gasteiger partial charge in [0.2, 0.25) is 5.91 Å². The minimum atomic E-state index is -0.141. The number of amides is 1. The molecule has 0 saturated carbocycles. The van der Waals surface area contributed by atoms with Gasteiger partial charge in [-0.15, -0.1) is 0 Å². The molecule has 2 aromatic rings. The summed E-state index contributed by atoms with van der Waals surface area (Å²) in [6.07, 6.45) is 1.61. The number of rotatable bonds is 3. The van der Waals surface area contributed by atoms with Crippen LogP contribution in [0, 0.1) is 13.8 Å². The van der Waals surface area contributed by atoms with E-state index in [9.17, 15) is 9.59 Å². The molecule has 3 rings (SSSR count). The molecule has 0 aliphatic carbocycles. The second-order valence-corrected chi connectivity index (χ2v) is 6.16. The Balaban J connectivity index is 1.77. The first kappa shape index (κ1) is 15.5. The highest BCUT2D eigenvalue weighted by Crippen LogP contribution is 2.32. The number of para-hydroxylation sites is 1. The molecule has 120 valence electrons. The quantitative estimate of drug-likeness (QED) is 0.946. The lowest BCUT2D eigenvalue weighted by Crippen LogP contribution is -2.36. The van der Waals surface area contributed by atoms with Crippen LogP contribution in [0.5, 0.6) is 0 Å². The highest BCUT2D eigenvalue weighted by Gasteiger charge is 2.30. The summed E-state index contributed by atoms with van der Waals surface area (Å²) in [5.74, 6) is 0.659. The van der Waals surface area contributed by atoms with Crippen LogP contribution in [0.2, 0.25) is 0 Å². The van der Waals surface area contributed by atoms with Crippen molar-refractivity contribution in [3.63, 3.8) is 0 Å². The monoisotopic (exact) mass is 311 g/mol. The topological polar surface area (TPSA) is 66.1 Å². The van der Waals surface area contributed by atoms with Crippen molar-refractivity contribution in [3.05, 3.63) is 57.3 Å². The lowest BCUT2D eigenvalue weighted by molar-refractivity contribution is -0.118. The van der Waals surface area contributed by atoms with Crippen LogP contribution in [0.15, 0.2) is 29.1 Å². The molecule has 23 heavy (non-hydrogen) atoms. The van der Waals surface area contributed by atoms with Gasteiger partial charge in [-0.05, 0) is 45.2 Å². The molecular formula is C18H21N3O2. The van der Waals surface area contributed by atoms with Gasteiger partial charge in [0, 0.05) is 29.4 Å². The van der Waals surface area contributed by atoms with E-state index in [1.165, 1.54) is 5.56 Å². The number of hydrogen-bond donors (Lipinski definition) is 1. The maximum Gasteiger partial charge on any atom is 0.254 e. The molecule has 0 radical (unpaired) electrons. The van der Waals surface area contributed by atoms with Crippen LogP contribution in [0.1, 0.15) is 36.0 Å². The van der Waals surface area contributed by atoms with Crippen LogP contribution in [-0.4, -0.2) is 21.9 Å². The second kappa shape index (κ2) is 5.99. The van der Waals surface area contributed by atoms with E-state index in [1.54, 1.807) is 6.92 Å². The first-order valence-corrected chi connectivity index (χ1v) is 7.93. The van der Waals surface area contributed by atoms with E-state index < -0.39 is 0 Å². The van der Waals surface area contributed by atoms with Gasteiger partial charge in [-0.1, -0.05) is 18.2 Å². The molecular weight excluding hydrogens is 290 g/mol. The molecule has 0 fully saturated rings. The van der Waals surface area contributed by atoms with Crippen molar-refractivity contribution in [1.82, 2.24) is 9.97 Å². The first-order valence-electron chi connectivity index (χ1n) is 7.93. The number of carbonyl (C=O) groups excluding carboxylic acids is 1. The average molecular weight is 311 g/mol. The molecule has 0 saturated heterocycles. The minimum Gasteiger partial charge on any atom is -0.311 e. The third-order valence-electron chi connectivity index (χ3n) is 4.41. The zero-order valence-electron chi connectivity index (χ0n) is 13.7. The van der Waals surface area contributed by atoms with Crippen molar-refractivity contribution in [3.8, 4) is 0 Å². The number of aromatic nitrogens is 2. The third kappa shape index (κ3) is 2.91. The molecule has 2 heterocycles. The first-order chi connectivity index (χ1) is 11.0. The van der Waals surface area contributed by atoms with Crippen molar-refractivity contribution in [2.45, 2.75) is 46.1 Å². The van der Waals surface area contributed by atoms with E-state index in [0.717, 1.165) is 12.1 Å². The van der Waals surface area contributed by atoms with Crippen LogP contribution in [0.25, 0.3) is 0 Å². The Morgan fingerprint density at radius 1 is 1.35 bits per heavy atom. The van der Waals surface area contributed by atoms with Gasteiger partial charge in [-0.2, -0.15) is 0 Å². The number of aromatic amines is 1. The normalized spacial score (nSPS) is 16.5. The Morgan fingerprint density at radius 3 is 2.83 bits per heavy atom. The van der Waals surface area contributed by atoms with Crippen molar-refractivity contribution in [1.29, 1.82) is 0 Å². The molecule has 1 unspecified atom stereocenters. The van der Waals surface area contributed by atoms with Crippen LogP contribution in [-0.2, 0) is 17.6 Å². The van der Waals surface area contributed by atoms with Crippen molar-refractivity contribution in [2.24, 2.45) is 0 Å². The maximum atomic E-state index is 12.7. The predicted molar refractivity (Wildman–Crippen MR) is 89.7 cm³/mol. The number of fused-ring (bicyclic) bond motifs is 1. The van der Waals surface area contributed by atoms with Crippen LogP contribution in [0.3, 0.4) is 0 Å². The summed E-state index contributed by atoms with van der Waals surface area (Å²) in [5.41, 5.74) is 3.37. The standard InChI is InChI=1S/C18H21N3O2/c1-11-10-14-6-4-5-7-16(14)21(11)17(22)9-8-15-12(2)19-13(3)20-18(15)23/h4-7,11H,8-10H2,1-3H3,(H,19,20,23). The minimum absolute atomic E-state index is 0.0572. The van der Waals surface area contributed by atoms with Gasteiger partial charge in [-0.3, -0.25) is 9.59 Å². The van der Waals surface area contributed by atoms with Gasteiger partial charge in [0.15, 0.2) is 0 Å². The van der Waals surface area contributed by atoms with E-state index in [2.05, 4.69) is 23.0 Å². The van der Waals surface area contributed by atoms with Gasteiger partial charge < -0.3 is 9.88 Å². The van der Waals surface area contributed by atoms with Crippen molar-refractivity contribution < 1.29 is 4.79 Å². The van der Waals surface area contributed by atoms with E-state index in [4.69, 9.17) is 0 Å². The second-order valence-electron chi connectivity index (χ2n) is 6.16. The zero-order chi connectivity index (χ0) is 16.6. The highest BCUT2D eigenvalue weighted by atomic mass is 16.2. The molecule has 5 heteroatoms. The van der Waals surface area contributed by atoms with Gasteiger partial charge in [0.1, 0.15) is 5.82 Å². The highest BCUT2D eigenvalue weighted by molar-refractivity contribution is 5.96. The fraction of sp³-hybridized carbons (Fsp3) is 0.389. The van der Waals surface area contributed by atoms with Gasteiger partial charge in [-0.25, -0.2) is 4.98 Å². The molecule has 1 aliphatic heterocycles. The lowest BCUT2D eigenvalue weighted by atomic mass is 10.1. The summed E-state index contributed by atoms with van der Waals surface area (Å²) < 4.78 is 0. The number of hydrogen-bond acceptors (Lipinski definition) is 3. The number of carbonyl (C=O) groups is 1. The Morgan fingerprint density at radius 2 is 2.09 bits per heavy atom. The Bertz CT molecular complexity index is 810. The maximum absolute atomic E-state index is 12.7. The molecule has 1 N–H and O–H groups in total. The molecule has 1 aromatic carbocycles. The smallest absolute Gasteiger partial charge is 0.254 e. The van der Waals surface area contributed by atoms with E-state index in [1.807, 2.05) is 30.0 Å². The summed E-state index contributed by atoms with van der Waals surface area (Å²) in [6.45, 7) is 5.63. The summed E-state index contributed by atoms with van der Waals surface area (Å²) in [7, 11) is 0. The van der Waals surface area contributed by atoms with Gasteiger partial charge in [0.05, 0.1) is 0 Å². The van der Waals surface area contributed by atoms with E-state index in [-0.39, 0.29) is 17.5 Å². The third-order valence-corrected chi connectivity index (χ3v) is 4.41. The number of H-pyrrole nitrogens is 1. The summed E-state index contributed by atoms with van der Waals surface area (Å²) >= 11 is 0. The lowest BCUT2D eigenvalue weighted by Gasteiger charge is -2.22. The van der Waals surface area contributed by atoms with E-state index in [0.29, 0.717) is 29.9 Å². The SMILES string of the molecule is Cc1nc(C)c(CCC(=O)N2c3ccccc3CC2C)c(=O)[nH]1. The molecule has 1 amide bonds. The van der Waals surface area contributed by atoms with Crippen LogP contribution < -0.4 is 10.5 Å². The average Bonchev–Trinajstić information content (AvgIpc) is 2.81. The Hall–Kier alpha value is -2.43. The molecule has 1 atom stereocenters. The van der Waals surface area contributed by atoms with Crippen molar-refractivity contribution in [2.75, 3.05) is 4.90 Å². The summed E-state index contributed by atoms with van der Waals surface area (Å²) in [5, 5.41) is 0. The predicted octanol–water partition coefficient (Wildman–Crippen LogP) is 2.30. The molecule has 0 bridgehead atoms. The number of aryl methyl sites for hydroxylation is 2. The molecule has 1 aliphatic rings. The number of anilines is 1. The zero-order valence-corrected chi connectivity index (χ0v) is 13.7. The van der Waals surface area contributed by atoms with Crippen LogP contribution >= 0.6 is 0 Å². The summed E-state index contributed by atoms with van der Waals surface area (Å²) in [6, 6.07) is 8.17. The largest absolute Gasteiger partial charge is 0.311 e. The molecule has 1 aromatic heterocycles. The number of benzene rings is 1. The number of nitrogens with zero attached hydrogens (tertiary/aromatic N) is 2. The fourth-order valence-corrected chi connectivity index (χ4v) is 3.34. The fourth-order valence-electron chi connectivity index (χ4n) is 3.34. The Labute approximate surface area is 135 Å².